The van der Waals surface area contributed by atoms with Crippen molar-refractivity contribution in [3.8, 4) is 11.5 Å². The van der Waals surface area contributed by atoms with Gasteiger partial charge in [-0.1, -0.05) is 81.1 Å². The van der Waals surface area contributed by atoms with Crippen LogP contribution >= 0.6 is 50.7 Å². The number of benzene rings is 5. The highest BCUT2D eigenvalue weighted by molar-refractivity contribution is 9.10. The van der Waals surface area contributed by atoms with Crippen molar-refractivity contribution in [1.82, 2.24) is 0 Å². The molecule has 0 fully saturated rings. The van der Waals surface area contributed by atoms with Gasteiger partial charge in [0.05, 0.1) is 31.9 Å². The highest BCUT2D eigenvalue weighted by atomic mass is 79.9. The molecule has 0 spiro atoms. The minimum Gasteiger partial charge on any atom is -0.456 e. The number of anilines is 2. The lowest BCUT2D eigenvalue weighted by Gasteiger charge is -2.15. The minimum absolute atomic E-state index is 0.00340. The molecule has 1 amide bonds. The predicted octanol–water partition coefficient (Wildman–Crippen LogP) is 9.41. The molecule has 0 saturated heterocycles. The zero-order chi connectivity index (χ0) is 28.4. The Kier molecular flexibility index (Phi) is 8.26. The first-order valence-electron chi connectivity index (χ1n) is 11.6. The van der Waals surface area contributed by atoms with Crippen molar-refractivity contribution in [2.24, 2.45) is 0 Å². The molecule has 0 saturated carbocycles. The molecule has 0 radical (unpaired) electrons. The maximum atomic E-state index is 13.3. The van der Waals surface area contributed by atoms with Crippen LogP contribution in [0.3, 0.4) is 0 Å². The van der Waals surface area contributed by atoms with Crippen molar-refractivity contribution in [2.45, 2.75) is 4.90 Å². The van der Waals surface area contributed by atoms with Gasteiger partial charge in [-0.05, 0) is 66.0 Å². The highest BCUT2D eigenvalue weighted by Crippen LogP contribution is 2.37. The molecule has 0 bridgehead atoms. The second-order valence-electron chi connectivity index (χ2n) is 8.55. The molecule has 5 rings (SSSR count). The van der Waals surface area contributed by atoms with E-state index in [-0.39, 0.29) is 21.2 Å². The summed E-state index contributed by atoms with van der Waals surface area (Å²) in [7, 11) is -3.99. The monoisotopic (exact) mass is 674 g/mol. The Morgan fingerprint density at radius 3 is 2.27 bits per heavy atom. The van der Waals surface area contributed by atoms with Crippen LogP contribution in [0.15, 0.2) is 106 Å². The summed E-state index contributed by atoms with van der Waals surface area (Å²) < 4.78 is 34.9. The molecule has 0 heterocycles. The van der Waals surface area contributed by atoms with Gasteiger partial charge in [0.2, 0.25) is 0 Å². The van der Waals surface area contributed by atoms with Gasteiger partial charge in [-0.15, -0.1) is 0 Å². The Morgan fingerprint density at radius 1 is 0.800 bits per heavy atom. The number of amides is 1. The summed E-state index contributed by atoms with van der Waals surface area (Å²) in [5.74, 6) is 0.294. The maximum absolute atomic E-state index is 13.3. The summed E-state index contributed by atoms with van der Waals surface area (Å²) in [5.41, 5.74) is 0.457. The van der Waals surface area contributed by atoms with Crippen molar-refractivity contribution < 1.29 is 17.9 Å². The molecule has 0 aromatic heterocycles. The second kappa shape index (κ2) is 11.7. The number of sulfonamides is 1. The topological polar surface area (TPSA) is 84.5 Å². The Balaban J connectivity index is 1.36. The van der Waals surface area contributed by atoms with E-state index in [9.17, 15) is 13.2 Å². The third kappa shape index (κ3) is 6.22. The Morgan fingerprint density at radius 2 is 1.52 bits per heavy atom. The molecular weight excluding hydrogens is 659 g/mol. The average Bonchev–Trinajstić information content (AvgIpc) is 2.93. The first-order valence-corrected chi connectivity index (χ1v) is 15.1. The lowest BCUT2D eigenvalue weighted by atomic mass is 10.1. The third-order valence-electron chi connectivity index (χ3n) is 5.84. The normalized spacial score (nSPS) is 11.3. The number of carbonyl (C=O) groups is 1. The van der Waals surface area contributed by atoms with Crippen LogP contribution in [0.5, 0.6) is 11.5 Å². The Bertz CT molecular complexity index is 1870. The van der Waals surface area contributed by atoms with E-state index in [4.69, 9.17) is 39.5 Å². The van der Waals surface area contributed by atoms with Crippen LogP contribution in [-0.2, 0) is 10.0 Å². The first-order chi connectivity index (χ1) is 19.1. The fourth-order valence-corrected chi connectivity index (χ4v) is 5.94. The lowest BCUT2D eigenvalue weighted by Crippen LogP contribution is -2.19. The number of hydrogen-bond donors (Lipinski definition) is 2. The number of carbonyl (C=O) groups excluding carboxylic acids is 1. The Labute approximate surface area is 254 Å². The minimum atomic E-state index is -3.99. The van der Waals surface area contributed by atoms with Crippen LogP contribution in [0.25, 0.3) is 10.8 Å². The Hall–Kier alpha value is -3.27. The van der Waals surface area contributed by atoms with Crippen LogP contribution in [0.4, 0.5) is 11.4 Å². The van der Waals surface area contributed by atoms with E-state index in [0.29, 0.717) is 31.7 Å². The molecule has 5 aromatic carbocycles. The van der Waals surface area contributed by atoms with Gasteiger partial charge in [-0.2, -0.15) is 0 Å². The molecule has 202 valence electrons. The summed E-state index contributed by atoms with van der Waals surface area (Å²) in [6, 6.07) is 26.4. The molecule has 0 aliphatic rings. The van der Waals surface area contributed by atoms with Gasteiger partial charge in [-0.3, -0.25) is 9.52 Å². The summed E-state index contributed by atoms with van der Waals surface area (Å²) in [4.78, 5) is 13.3. The third-order valence-corrected chi connectivity index (χ3v) is 8.67. The number of halogens is 4. The van der Waals surface area contributed by atoms with E-state index in [1.165, 1.54) is 36.4 Å². The number of fused-ring (bicyclic) bond motifs is 1. The van der Waals surface area contributed by atoms with Crippen LogP contribution in [0.1, 0.15) is 10.4 Å². The molecule has 6 nitrogen and oxygen atoms in total. The quantitative estimate of drug-likeness (QED) is 0.180. The van der Waals surface area contributed by atoms with Gasteiger partial charge in [0.15, 0.2) is 0 Å². The molecule has 11 heteroatoms. The van der Waals surface area contributed by atoms with Gasteiger partial charge in [0.25, 0.3) is 15.9 Å². The maximum Gasteiger partial charge on any atom is 0.261 e. The van der Waals surface area contributed by atoms with Crippen molar-refractivity contribution in [1.29, 1.82) is 0 Å². The smallest absolute Gasteiger partial charge is 0.261 e. The highest BCUT2D eigenvalue weighted by Gasteiger charge is 2.20. The van der Waals surface area contributed by atoms with Crippen molar-refractivity contribution in [3.05, 3.63) is 122 Å². The number of nitrogens with one attached hydrogen (secondary N) is 2. The number of hydrogen-bond acceptors (Lipinski definition) is 4. The number of rotatable bonds is 7. The van der Waals surface area contributed by atoms with Crippen LogP contribution in [0.2, 0.25) is 15.1 Å². The van der Waals surface area contributed by atoms with E-state index in [1.807, 2.05) is 30.3 Å². The van der Waals surface area contributed by atoms with E-state index >= 15 is 0 Å². The molecule has 0 aliphatic carbocycles. The molecule has 0 atom stereocenters. The second-order valence-corrected chi connectivity index (χ2v) is 12.4. The van der Waals surface area contributed by atoms with Crippen LogP contribution in [0, 0.1) is 0 Å². The fraction of sp³-hybridized carbons (Fsp3) is 0. The van der Waals surface area contributed by atoms with E-state index < -0.39 is 15.9 Å². The summed E-state index contributed by atoms with van der Waals surface area (Å²) in [5, 5.41) is 5.64. The standard InChI is InChI=1S/C29H18BrCl3N2O4S/c30-18-6-12-25(35-40(37,38)21-10-7-19(31)8-11-21)23(15-18)29(36)34-26-13-9-20(16-24(26)32)39-27-14-5-17-3-1-2-4-22(17)28(27)33/h1-16,35H,(H,34,36). The SMILES string of the molecule is O=C(Nc1ccc(Oc2ccc3ccccc3c2Cl)cc1Cl)c1cc(Br)ccc1NS(=O)(=O)c1ccc(Cl)cc1. The zero-order valence-corrected chi connectivity index (χ0v) is 25.0. The average molecular weight is 677 g/mol. The largest absolute Gasteiger partial charge is 0.456 e. The first kappa shape index (κ1) is 28.3. The van der Waals surface area contributed by atoms with Gasteiger partial charge < -0.3 is 10.1 Å². The zero-order valence-electron chi connectivity index (χ0n) is 20.3. The summed E-state index contributed by atoms with van der Waals surface area (Å²) in [6.45, 7) is 0. The van der Waals surface area contributed by atoms with Gasteiger partial charge >= 0.3 is 0 Å². The van der Waals surface area contributed by atoms with E-state index in [0.717, 1.165) is 10.8 Å². The predicted molar refractivity (Wildman–Crippen MR) is 165 cm³/mol. The van der Waals surface area contributed by atoms with E-state index in [2.05, 4.69) is 26.0 Å². The van der Waals surface area contributed by atoms with Gasteiger partial charge in [0.1, 0.15) is 11.5 Å². The van der Waals surface area contributed by atoms with Gasteiger partial charge in [0, 0.05) is 20.9 Å². The molecule has 0 unspecified atom stereocenters. The van der Waals surface area contributed by atoms with Crippen molar-refractivity contribution in [3.63, 3.8) is 0 Å². The van der Waals surface area contributed by atoms with E-state index in [1.54, 1.807) is 30.3 Å². The lowest BCUT2D eigenvalue weighted by molar-refractivity contribution is 0.102. The molecule has 5 aromatic rings. The molecule has 2 N–H and O–H groups in total. The van der Waals surface area contributed by atoms with Crippen LogP contribution in [-0.4, -0.2) is 14.3 Å². The van der Waals surface area contributed by atoms with Crippen molar-refractivity contribution in [2.75, 3.05) is 10.0 Å². The van der Waals surface area contributed by atoms with Gasteiger partial charge in [-0.25, -0.2) is 8.42 Å². The summed E-state index contributed by atoms with van der Waals surface area (Å²) in [6.07, 6.45) is 0. The van der Waals surface area contributed by atoms with Crippen LogP contribution < -0.4 is 14.8 Å². The van der Waals surface area contributed by atoms with Crippen molar-refractivity contribution >= 4 is 88.8 Å². The molecule has 0 aliphatic heterocycles. The molecular formula is C29H18BrCl3N2O4S. The molecule has 40 heavy (non-hydrogen) atoms. The summed E-state index contributed by atoms with van der Waals surface area (Å²) >= 11 is 22.2. The fourth-order valence-electron chi connectivity index (χ4n) is 3.88. The number of ether oxygens (including phenoxy) is 1.